The summed E-state index contributed by atoms with van der Waals surface area (Å²) in [5, 5.41) is 11.7. The molecule has 1 amide bonds. The summed E-state index contributed by atoms with van der Waals surface area (Å²) in [4.78, 5) is 32.6. The van der Waals surface area contributed by atoms with Crippen molar-refractivity contribution in [2.75, 3.05) is 4.90 Å². The normalized spacial score (nSPS) is 18.3. The molecule has 0 radical (unpaired) electrons. The number of amides is 1. The average molecular weight is 443 g/mol. The van der Waals surface area contributed by atoms with Crippen molar-refractivity contribution < 1.29 is 19.1 Å². The van der Waals surface area contributed by atoms with Gasteiger partial charge in [-0.15, -0.1) is 11.3 Å². The van der Waals surface area contributed by atoms with Gasteiger partial charge >= 0.3 is 5.91 Å². The lowest BCUT2D eigenvalue weighted by Crippen LogP contribution is -2.29. The largest absolute Gasteiger partial charge is 0.507 e. The van der Waals surface area contributed by atoms with Crippen LogP contribution in [-0.4, -0.2) is 21.8 Å². The van der Waals surface area contributed by atoms with Gasteiger partial charge < -0.3 is 5.11 Å². The van der Waals surface area contributed by atoms with Gasteiger partial charge in [-0.2, -0.15) is 0 Å². The molecule has 5 nitrogen and oxygen atoms in total. The minimum atomic E-state index is -0.918. The second-order valence-corrected chi connectivity index (χ2v) is 8.49. The van der Waals surface area contributed by atoms with Crippen molar-refractivity contribution in [3.8, 4) is 0 Å². The topological polar surface area (TPSA) is 70.5 Å². The van der Waals surface area contributed by atoms with E-state index in [0.717, 1.165) is 10.6 Å². The summed E-state index contributed by atoms with van der Waals surface area (Å²) < 4.78 is 13.3. The maximum atomic E-state index is 13.3. The first kappa shape index (κ1) is 20.3. The van der Waals surface area contributed by atoms with Gasteiger partial charge in [0.25, 0.3) is 5.78 Å². The number of benzene rings is 2. The molecule has 1 unspecified atom stereocenters. The molecule has 0 aliphatic carbocycles. The van der Waals surface area contributed by atoms with E-state index < -0.39 is 23.5 Å². The number of Topliss-reactive ketones (excluding diaryl/α,β-unsaturated/α-hetero) is 1. The van der Waals surface area contributed by atoms with Gasteiger partial charge in [0, 0.05) is 15.5 Å². The lowest BCUT2D eigenvalue weighted by atomic mass is 9.95. The molecule has 0 spiro atoms. The number of aliphatic hydroxyl groups excluding tert-OH is 1. The Kier molecular flexibility index (Phi) is 5.17. The predicted molar refractivity (Wildman–Crippen MR) is 114 cm³/mol. The fourth-order valence-corrected chi connectivity index (χ4v) is 4.48. The molecule has 1 aromatic heterocycles. The van der Waals surface area contributed by atoms with Crippen LogP contribution in [0.5, 0.6) is 0 Å². The van der Waals surface area contributed by atoms with Crippen molar-refractivity contribution in [2.45, 2.75) is 19.9 Å². The molecule has 4 rings (SSSR count). The number of hydrogen-bond acceptors (Lipinski definition) is 5. The zero-order chi connectivity index (χ0) is 21.6. The van der Waals surface area contributed by atoms with Crippen molar-refractivity contribution in [1.29, 1.82) is 0 Å². The SMILES string of the molecule is Cc1nc(N2C(=O)C(=O)C(=C(O)c3ccc(F)cc3)C2c2cccc(Cl)c2)sc1C. The van der Waals surface area contributed by atoms with Crippen LogP contribution in [0.4, 0.5) is 9.52 Å². The fourth-order valence-electron chi connectivity index (χ4n) is 3.34. The van der Waals surface area contributed by atoms with Crippen LogP contribution in [0.1, 0.15) is 27.7 Å². The summed E-state index contributed by atoms with van der Waals surface area (Å²) in [6, 6.07) is 10.9. The first-order chi connectivity index (χ1) is 14.3. The summed E-state index contributed by atoms with van der Waals surface area (Å²) in [5.74, 6) is -2.50. The molecule has 3 aromatic rings. The minimum absolute atomic E-state index is 0.0978. The lowest BCUT2D eigenvalue weighted by Gasteiger charge is -2.23. The van der Waals surface area contributed by atoms with E-state index in [1.807, 2.05) is 13.8 Å². The molecule has 1 N–H and O–H groups in total. The van der Waals surface area contributed by atoms with Crippen LogP contribution < -0.4 is 4.90 Å². The van der Waals surface area contributed by atoms with Crippen molar-refractivity contribution >= 4 is 45.5 Å². The molecular formula is C22H16ClFN2O3S. The molecule has 2 heterocycles. The number of thiazole rings is 1. The van der Waals surface area contributed by atoms with E-state index in [0.29, 0.717) is 15.7 Å². The van der Waals surface area contributed by atoms with E-state index in [9.17, 15) is 19.1 Å². The Labute approximate surface area is 181 Å². The summed E-state index contributed by atoms with van der Waals surface area (Å²) >= 11 is 7.45. The van der Waals surface area contributed by atoms with Crippen molar-refractivity contribution in [1.82, 2.24) is 4.98 Å². The maximum absolute atomic E-state index is 13.3. The van der Waals surface area contributed by atoms with E-state index in [2.05, 4.69) is 4.98 Å². The molecule has 8 heteroatoms. The number of anilines is 1. The Balaban J connectivity index is 1.96. The number of carbonyl (C=O) groups excluding carboxylic acids is 2. The quantitative estimate of drug-likeness (QED) is 0.344. The van der Waals surface area contributed by atoms with E-state index in [4.69, 9.17) is 11.6 Å². The maximum Gasteiger partial charge on any atom is 0.301 e. The summed E-state index contributed by atoms with van der Waals surface area (Å²) in [6.45, 7) is 3.69. The zero-order valence-corrected chi connectivity index (χ0v) is 17.6. The van der Waals surface area contributed by atoms with Gasteiger partial charge in [-0.25, -0.2) is 9.37 Å². The third-order valence-electron chi connectivity index (χ3n) is 4.95. The van der Waals surface area contributed by atoms with Crippen LogP contribution in [0.15, 0.2) is 54.1 Å². The smallest absolute Gasteiger partial charge is 0.301 e. The second kappa shape index (κ2) is 7.66. The molecule has 1 fully saturated rings. The number of hydrogen-bond donors (Lipinski definition) is 1. The monoisotopic (exact) mass is 442 g/mol. The Hall–Kier alpha value is -3.03. The molecule has 1 atom stereocenters. The predicted octanol–water partition coefficient (Wildman–Crippen LogP) is 5.18. The van der Waals surface area contributed by atoms with Gasteiger partial charge in [0.1, 0.15) is 11.6 Å². The first-order valence-corrected chi connectivity index (χ1v) is 10.2. The Bertz CT molecular complexity index is 1180. The summed E-state index contributed by atoms with van der Waals surface area (Å²) in [6.07, 6.45) is 0. The highest BCUT2D eigenvalue weighted by molar-refractivity contribution is 7.16. The number of nitrogens with zero attached hydrogens (tertiary/aromatic N) is 2. The van der Waals surface area contributed by atoms with Gasteiger partial charge in [-0.3, -0.25) is 14.5 Å². The van der Waals surface area contributed by atoms with Gasteiger partial charge in [0.2, 0.25) is 0 Å². The molecule has 1 saturated heterocycles. The standard InChI is InChI=1S/C22H16ClFN2O3S/c1-11-12(2)30-22(25-11)26-18(14-4-3-5-15(23)10-14)17(20(28)21(26)29)19(27)13-6-8-16(24)9-7-13/h3-10,18,27H,1-2H3. The molecule has 30 heavy (non-hydrogen) atoms. The third-order valence-corrected chi connectivity index (χ3v) is 6.26. The lowest BCUT2D eigenvalue weighted by molar-refractivity contribution is -0.132. The highest BCUT2D eigenvalue weighted by Gasteiger charge is 2.48. The third kappa shape index (κ3) is 3.40. The van der Waals surface area contributed by atoms with Gasteiger partial charge in [0.15, 0.2) is 5.13 Å². The van der Waals surface area contributed by atoms with Crippen LogP contribution in [0.25, 0.3) is 5.76 Å². The highest BCUT2D eigenvalue weighted by Crippen LogP contribution is 2.44. The zero-order valence-electron chi connectivity index (χ0n) is 16.0. The minimum Gasteiger partial charge on any atom is -0.507 e. The molecule has 1 aliphatic heterocycles. The van der Waals surface area contributed by atoms with Crippen molar-refractivity contribution in [3.05, 3.63) is 86.6 Å². The van der Waals surface area contributed by atoms with E-state index in [1.54, 1.807) is 24.3 Å². The molecule has 2 aromatic carbocycles. The fraction of sp³-hybridized carbons (Fsp3) is 0.136. The van der Waals surface area contributed by atoms with Gasteiger partial charge in [-0.05, 0) is 55.8 Å². The van der Waals surface area contributed by atoms with Crippen LogP contribution in [0, 0.1) is 19.7 Å². The van der Waals surface area contributed by atoms with Crippen LogP contribution in [0.3, 0.4) is 0 Å². The van der Waals surface area contributed by atoms with Gasteiger partial charge in [0.05, 0.1) is 17.3 Å². The van der Waals surface area contributed by atoms with Gasteiger partial charge in [-0.1, -0.05) is 23.7 Å². The van der Waals surface area contributed by atoms with Crippen LogP contribution in [-0.2, 0) is 9.59 Å². The first-order valence-electron chi connectivity index (χ1n) is 9.04. The Morgan fingerprint density at radius 3 is 2.47 bits per heavy atom. The summed E-state index contributed by atoms with van der Waals surface area (Å²) in [5.41, 5.74) is 1.43. The Morgan fingerprint density at radius 2 is 1.87 bits per heavy atom. The van der Waals surface area contributed by atoms with Crippen LogP contribution in [0.2, 0.25) is 5.02 Å². The van der Waals surface area contributed by atoms with Crippen molar-refractivity contribution in [3.63, 3.8) is 0 Å². The molecular weight excluding hydrogens is 427 g/mol. The number of rotatable bonds is 3. The second-order valence-electron chi connectivity index (χ2n) is 6.87. The van der Waals surface area contributed by atoms with E-state index in [-0.39, 0.29) is 16.9 Å². The number of carbonyl (C=O) groups is 2. The number of aliphatic hydroxyl groups is 1. The highest BCUT2D eigenvalue weighted by atomic mass is 35.5. The molecule has 1 aliphatic rings. The van der Waals surface area contributed by atoms with E-state index >= 15 is 0 Å². The van der Waals surface area contributed by atoms with E-state index in [1.165, 1.54) is 40.5 Å². The van der Waals surface area contributed by atoms with Crippen molar-refractivity contribution in [2.24, 2.45) is 0 Å². The number of ketones is 1. The molecule has 0 saturated carbocycles. The number of aryl methyl sites for hydroxylation is 2. The molecule has 152 valence electrons. The Morgan fingerprint density at radius 1 is 1.17 bits per heavy atom. The molecule has 0 bridgehead atoms. The summed E-state index contributed by atoms with van der Waals surface area (Å²) in [7, 11) is 0. The number of halogens is 2. The number of aromatic nitrogens is 1. The average Bonchev–Trinajstić information content (AvgIpc) is 3.18. The van der Waals surface area contributed by atoms with Crippen LogP contribution >= 0.6 is 22.9 Å².